The van der Waals surface area contributed by atoms with Crippen molar-refractivity contribution in [3.8, 4) is 11.1 Å². The van der Waals surface area contributed by atoms with Crippen molar-refractivity contribution in [3.05, 3.63) is 166 Å². The maximum atomic E-state index is 2.60. The van der Waals surface area contributed by atoms with Crippen LogP contribution in [0.15, 0.2) is 121 Å². The van der Waals surface area contributed by atoms with Crippen molar-refractivity contribution in [2.24, 2.45) is 0 Å². The molecule has 0 spiro atoms. The Morgan fingerprint density at radius 1 is 0.299 bits per heavy atom. The molecule has 8 aromatic carbocycles. The Labute approximate surface area is 493 Å². The van der Waals surface area contributed by atoms with Crippen LogP contribution in [0.4, 0.5) is 22.7 Å². The molecule has 0 heterocycles. The van der Waals surface area contributed by atoms with Crippen LogP contribution in [0.2, 0.25) is 0 Å². The van der Waals surface area contributed by atoms with Gasteiger partial charge in [-0.1, -0.05) is 128 Å². The van der Waals surface area contributed by atoms with Gasteiger partial charge in [-0.2, -0.15) is 0 Å². The van der Waals surface area contributed by atoms with Gasteiger partial charge in [-0.15, -0.1) is 0 Å². The number of halogens is 2. The van der Waals surface area contributed by atoms with Crippen molar-refractivity contribution < 1.29 is 45.2 Å². The summed E-state index contributed by atoms with van der Waals surface area (Å²) in [6.07, 6.45) is 7.76. The third-order valence-corrected chi connectivity index (χ3v) is 20.2. The van der Waals surface area contributed by atoms with E-state index in [1.165, 1.54) is 132 Å². The van der Waals surface area contributed by atoms with Gasteiger partial charge < -0.3 is 44.4 Å². The first-order chi connectivity index (χ1) is 35.7. The third-order valence-electron chi connectivity index (χ3n) is 15.4. The van der Waals surface area contributed by atoms with E-state index in [1.54, 1.807) is 0 Å². The zero-order valence-corrected chi connectivity index (χ0v) is 53.8. The second-order valence-corrected chi connectivity index (χ2v) is 25.3. The third kappa shape index (κ3) is 12.3. The van der Waals surface area contributed by atoms with Crippen molar-refractivity contribution in [1.29, 1.82) is 0 Å². The molecular formula is C68H84Cl2N4P2Pd. The number of hydrogen-bond acceptors (Lipinski definition) is 4. The minimum Gasteiger partial charge on any atom is -1.00 e. The van der Waals surface area contributed by atoms with Gasteiger partial charge >= 0.3 is 20.4 Å². The zero-order valence-electron chi connectivity index (χ0n) is 49.0. The second-order valence-electron chi connectivity index (χ2n) is 20.9. The Hall–Kier alpha value is -4.42. The van der Waals surface area contributed by atoms with Gasteiger partial charge in [-0.25, -0.2) is 0 Å². The van der Waals surface area contributed by atoms with Crippen molar-refractivity contribution in [1.82, 2.24) is 0 Å². The summed E-state index contributed by atoms with van der Waals surface area (Å²) < 4.78 is 0. The van der Waals surface area contributed by atoms with Crippen LogP contribution in [-0.4, -0.2) is 56.4 Å². The van der Waals surface area contributed by atoms with E-state index in [-0.39, 0.29) is 45.2 Å². The first-order valence-electron chi connectivity index (χ1n) is 27.6. The number of benzene rings is 8. The van der Waals surface area contributed by atoms with Gasteiger partial charge in [-0.3, -0.25) is 0 Å². The SMILES string of the molecule is CCc1cc(P(c2cc(CC)c(N(C)C)c(CC)c2)c2ccc3ccccc3c2-c2c(P(c3cc(CC)c(N(C)C)c(CC)c3)c3cc(CC)c(N(C)C)c(CC)c3)ccc3ccccc23)cc(CC)c1N(C)C.[Cl-].[Cl-].[Pd+2]. The molecule has 0 fully saturated rings. The molecule has 4 nitrogen and oxygen atoms in total. The number of nitrogens with zero attached hydrogens (tertiary/aromatic N) is 4. The van der Waals surface area contributed by atoms with E-state index in [4.69, 9.17) is 0 Å². The summed E-state index contributed by atoms with van der Waals surface area (Å²) in [5.74, 6) is 0. The summed E-state index contributed by atoms with van der Waals surface area (Å²) in [5, 5.41) is 13.8. The van der Waals surface area contributed by atoms with Crippen LogP contribution in [0.1, 0.15) is 99.9 Å². The zero-order chi connectivity index (χ0) is 53.1. The summed E-state index contributed by atoms with van der Waals surface area (Å²) in [4.78, 5) is 9.41. The van der Waals surface area contributed by atoms with Gasteiger partial charge in [0.1, 0.15) is 0 Å². The first kappa shape index (κ1) is 63.4. The van der Waals surface area contributed by atoms with Crippen LogP contribution < -0.4 is 76.2 Å². The monoisotopic (exact) mass is 1190 g/mol. The predicted molar refractivity (Wildman–Crippen MR) is 337 cm³/mol. The Kier molecular flexibility index (Phi) is 22.8. The van der Waals surface area contributed by atoms with Crippen LogP contribution in [-0.2, 0) is 71.8 Å². The minimum absolute atomic E-state index is 0. The Bertz CT molecular complexity index is 2870. The van der Waals surface area contributed by atoms with Gasteiger partial charge in [0.2, 0.25) is 0 Å². The van der Waals surface area contributed by atoms with E-state index in [0.717, 1.165) is 51.4 Å². The molecule has 8 aromatic rings. The molecule has 0 unspecified atom stereocenters. The molecule has 0 atom stereocenters. The number of fused-ring (bicyclic) bond motifs is 2. The molecule has 0 aliphatic heterocycles. The summed E-state index contributed by atoms with van der Waals surface area (Å²) in [6, 6.07) is 49.3. The smallest absolute Gasteiger partial charge is 1.00 e. The molecule has 9 heteroatoms. The van der Waals surface area contributed by atoms with Gasteiger partial charge in [0.15, 0.2) is 0 Å². The van der Waals surface area contributed by atoms with E-state index >= 15 is 0 Å². The fraction of sp³-hybridized carbons (Fsp3) is 0.353. The largest absolute Gasteiger partial charge is 2.00 e. The molecule has 0 N–H and O–H groups in total. The van der Waals surface area contributed by atoms with Crippen molar-refractivity contribution in [2.45, 2.75) is 107 Å². The average Bonchev–Trinajstić information content (AvgIpc) is 3.41. The van der Waals surface area contributed by atoms with Crippen LogP contribution in [0.25, 0.3) is 32.7 Å². The van der Waals surface area contributed by atoms with E-state index in [9.17, 15) is 0 Å². The fourth-order valence-electron chi connectivity index (χ4n) is 12.2. The molecule has 77 heavy (non-hydrogen) atoms. The van der Waals surface area contributed by atoms with E-state index in [1.807, 2.05) is 0 Å². The minimum atomic E-state index is -1.11. The molecule has 0 aromatic heterocycles. The molecule has 8 rings (SSSR count). The Morgan fingerprint density at radius 3 is 0.701 bits per heavy atom. The van der Waals surface area contributed by atoms with Crippen LogP contribution in [0.3, 0.4) is 0 Å². The number of aryl methyl sites for hydroxylation is 8. The molecular weight excluding hydrogens is 1110 g/mol. The van der Waals surface area contributed by atoms with Crippen molar-refractivity contribution >= 4 is 92.0 Å². The maximum Gasteiger partial charge on any atom is 2.00 e. The van der Waals surface area contributed by atoms with E-state index < -0.39 is 15.8 Å². The summed E-state index contributed by atoms with van der Waals surface area (Å²) in [5.41, 5.74) is 19.6. The quantitative estimate of drug-likeness (QED) is 0.0603. The molecule has 0 amide bonds. The van der Waals surface area contributed by atoms with E-state index in [0.29, 0.717) is 0 Å². The first-order valence-corrected chi connectivity index (χ1v) is 30.3. The normalized spacial score (nSPS) is 11.2. The number of anilines is 4. The molecule has 0 saturated heterocycles. The van der Waals surface area contributed by atoms with Gasteiger partial charge in [-0.05, 0) is 225 Å². The predicted octanol–water partition coefficient (Wildman–Crippen LogP) is 7.95. The number of hydrogen-bond donors (Lipinski definition) is 0. The van der Waals surface area contributed by atoms with Gasteiger partial charge in [0.05, 0.1) is 0 Å². The standard InChI is InChI=1S/C68H84N4P2.2ClH.Pd/c1-17-45-37-55(38-46(18-2)65(45)69(9)10)73(56-39-47(19-3)66(70(11)12)48(20-4)40-56)61-35-33-53-29-25-27-31-59(53)63(61)64-60-32-28-26-30-54(60)34-36-62(64)74(57-41-49(21-5)67(71(13)14)50(22-6)42-57)58-43-51(23-7)68(72(15)16)52(24-8)44-58;;;/h25-44H,17-24H2,1-16H3;2*1H;/q;;;+2/p-2. The second kappa shape index (κ2) is 27.6. The molecule has 0 bridgehead atoms. The van der Waals surface area contributed by atoms with Gasteiger partial charge in [0.25, 0.3) is 0 Å². The molecule has 410 valence electrons. The molecule has 0 aliphatic rings. The Balaban J connectivity index is 0.00000364. The Morgan fingerprint density at radius 2 is 0.506 bits per heavy atom. The maximum absolute atomic E-state index is 2.60. The van der Waals surface area contributed by atoms with Crippen LogP contribution >= 0.6 is 15.8 Å². The molecule has 0 radical (unpaired) electrons. The van der Waals surface area contributed by atoms with E-state index in [2.05, 4.69) is 253 Å². The van der Waals surface area contributed by atoms with Crippen LogP contribution in [0.5, 0.6) is 0 Å². The molecule has 0 saturated carbocycles. The average molecular weight is 1200 g/mol. The fourth-order valence-corrected chi connectivity index (χ4v) is 17.6. The van der Waals surface area contributed by atoms with Crippen molar-refractivity contribution in [2.75, 3.05) is 76.0 Å². The summed E-state index contributed by atoms with van der Waals surface area (Å²) >= 11 is 0. The van der Waals surface area contributed by atoms with Crippen LogP contribution in [0, 0.1) is 0 Å². The summed E-state index contributed by atoms with van der Waals surface area (Å²) in [6.45, 7) is 18.7. The van der Waals surface area contributed by atoms with Crippen molar-refractivity contribution in [3.63, 3.8) is 0 Å². The summed E-state index contributed by atoms with van der Waals surface area (Å²) in [7, 11) is 15.6. The molecule has 0 aliphatic carbocycles. The van der Waals surface area contributed by atoms with Gasteiger partial charge in [0, 0.05) is 79.1 Å². The topological polar surface area (TPSA) is 13.0 Å². The number of rotatable bonds is 19.